The molecule has 0 N–H and O–H groups in total. The number of hydrogen-bond acceptors (Lipinski definition) is 4. The van der Waals surface area contributed by atoms with Crippen molar-refractivity contribution >= 4 is 16.3 Å². The summed E-state index contributed by atoms with van der Waals surface area (Å²) < 4.78 is 1.63. The molecule has 0 aliphatic carbocycles. The third-order valence-corrected chi connectivity index (χ3v) is 4.61. The predicted octanol–water partition coefficient (Wildman–Crippen LogP) is 3.48. The second-order valence-corrected chi connectivity index (χ2v) is 6.99. The molecule has 0 unspecified atom stereocenters. The van der Waals surface area contributed by atoms with Gasteiger partial charge in [-0.1, -0.05) is 37.3 Å². The Bertz CT molecular complexity index is 838. The van der Waals surface area contributed by atoms with Crippen LogP contribution in [0.4, 0.5) is 0 Å². The Kier molecular flexibility index (Phi) is 4.88. The SMILES string of the molecule is CCCN(Cc1ccccc1)Cc1cc(=O)n2cc(C)sc2n1. The average Bonchev–Trinajstić information content (AvgIpc) is 2.89. The van der Waals surface area contributed by atoms with Crippen molar-refractivity contribution in [2.24, 2.45) is 0 Å². The van der Waals surface area contributed by atoms with Gasteiger partial charge in [0, 0.05) is 30.2 Å². The topological polar surface area (TPSA) is 37.6 Å². The van der Waals surface area contributed by atoms with Crippen LogP contribution >= 0.6 is 11.3 Å². The summed E-state index contributed by atoms with van der Waals surface area (Å²) in [5.74, 6) is 0. The number of fused-ring (bicyclic) bond motifs is 1. The second-order valence-electron chi connectivity index (χ2n) is 5.78. The average molecular weight is 327 g/mol. The minimum atomic E-state index is 0.00510. The molecule has 2 aromatic heterocycles. The maximum Gasteiger partial charge on any atom is 0.258 e. The summed E-state index contributed by atoms with van der Waals surface area (Å²) in [6, 6.07) is 12.1. The van der Waals surface area contributed by atoms with Crippen LogP contribution < -0.4 is 5.56 Å². The summed E-state index contributed by atoms with van der Waals surface area (Å²) in [5.41, 5.74) is 2.14. The zero-order chi connectivity index (χ0) is 16.2. The molecule has 0 bridgehead atoms. The first kappa shape index (κ1) is 15.9. The Hall–Kier alpha value is -1.98. The number of aryl methyl sites for hydroxylation is 1. The van der Waals surface area contributed by atoms with Crippen LogP contribution in [-0.2, 0) is 13.1 Å². The van der Waals surface area contributed by atoms with E-state index in [4.69, 9.17) is 0 Å². The number of benzene rings is 1. The van der Waals surface area contributed by atoms with E-state index >= 15 is 0 Å². The number of thiazole rings is 1. The number of hydrogen-bond donors (Lipinski definition) is 0. The Morgan fingerprint density at radius 1 is 1.22 bits per heavy atom. The minimum Gasteiger partial charge on any atom is -0.293 e. The molecule has 3 aromatic rings. The van der Waals surface area contributed by atoms with Gasteiger partial charge in [0.05, 0.1) is 5.69 Å². The lowest BCUT2D eigenvalue weighted by Gasteiger charge is -2.21. The first-order valence-electron chi connectivity index (χ1n) is 7.90. The summed E-state index contributed by atoms with van der Waals surface area (Å²) in [4.78, 5) is 21.1. The molecule has 120 valence electrons. The molecule has 3 rings (SSSR count). The predicted molar refractivity (Wildman–Crippen MR) is 94.9 cm³/mol. The molecule has 23 heavy (non-hydrogen) atoms. The summed E-state index contributed by atoms with van der Waals surface area (Å²) in [7, 11) is 0. The maximum atomic E-state index is 12.2. The quantitative estimate of drug-likeness (QED) is 0.696. The lowest BCUT2D eigenvalue weighted by Crippen LogP contribution is -2.25. The monoisotopic (exact) mass is 327 g/mol. The van der Waals surface area contributed by atoms with Crippen molar-refractivity contribution in [3.63, 3.8) is 0 Å². The van der Waals surface area contributed by atoms with E-state index in [1.165, 1.54) is 5.56 Å². The lowest BCUT2D eigenvalue weighted by atomic mass is 10.2. The Morgan fingerprint density at radius 2 is 2.00 bits per heavy atom. The van der Waals surface area contributed by atoms with Crippen molar-refractivity contribution in [3.05, 3.63) is 69.1 Å². The van der Waals surface area contributed by atoms with E-state index in [9.17, 15) is 4.79 Å². The fourth-order valence-corrected chi connectivity index (χ4v) is 3.59. The van der Waals surface area contributed by atoms with Crippen molar-refractivity contribution in [1.82, 2.24) is 14.3 Å². The molecule has 0 saturated carbocycles. The van der Waals surface area contributed by atoms with Gasteiger partial charge in [0.15, 0.2) is 4.96 Å². The normalized spacial score (nSPS) is 11.4. The van der Waals surface area contributed by atoms with E-state index < -0.39 is 0 Å². The highest BCUT2D eigenvalue weighted by Crippen LogP contribution is 2.14. The minimum absolute atomic E-state index is 0.00510. The van der Waals surface area contributed by atoms with Gasteiger partial charge in [-0.2, -0.15) is 0 Å². The van der Waals surface area contributed by atoms with Gasteiger partial charge in [0.2, 0.25) is 0 Å². The highest BCUT2D eigenvalue weighted by atomic mass is 32.1. The molecular weight excluding hydrogens is 306 g/mol. The largest absolute Gasteiger partial charge is 0.293 e. The van der Waals surface area contributed by atoms with E-state index in [0.29, 0.717) is 6.54 Å². The highest BCUT2D eigenvalue weighted by Gasteiger charge is 2.10. The van der Waals surface area contributed by atoms with Gasteiger partial charge in [-0.25, -0.2) is 4.98 Å². The van der Waals surface area contributed by atoms with Crippen molar-refractivity contribution in [2.45, 2.75) is 33.4 Å². The van der Waals surface area contributed by atoms with Crippen molar-refractivity contribution in [1.29, 1.82) is 0 Å². The molecule has 2 heterocycles. The molecule has 0 aliphatic heterocycles. The van der Waals surface area contributed by atoms with Gasteiger partial charge in [-0.15, -0.1) is 11.3 Å². The fraction of sp³-hybridized carbons (Fsp3) is 0.333. The summed E-state index contributed by atoms with van der Waals surface area (Å²) in [5, 5.41) is 0. The van der Waals surface area contributed by atoms with Crippen LogP contribution in [0.3, 0.4) is 0 Å². The highest BCUT2D eigenvalue weighted by molar-refractivity contribution is 7.16. The Labute approximate surface area is 140 Å². The van der Waals surface area contributed by atoms with Crippen LogP contribution in [0.25, 0.3) is 4.96 Å². The van der Waals surface area contributed by atoms with Crippen molar-refractivity contribution in [2.75, 3.05) is 6.54 Å². The number of nitrogens with zero attached hydrogens (tertiary/aromatic N) is 3. The lowest BCUT2D eigenvalue weighted by molar-refractivity contribution is 0.254. The third kappa shape index (κ3) is 3.86. The van der Waals surface area contributed by atoms with Crippen molar-refractivity contribution < 1.29 is 0 Å². The number of aromatic nitrogens is 2. The van der Waals surface area contributed by atoms with Crippen LogP contribution in [0.15, 0.2) is 47.4 Å². The first-order chi connectivity index (χ1) is 11.2. The second kappa shape index (κ2) is 7.06. The first-order valence-corrected chi connectivity index (χ1v) is 8.72. The molecule has 0 spiro atoms. The standard InChI is InChI=1S/C18H21N3OS/c1-3-9-20(12-15-7-5-4-6-8-15)13-16-10-17(22)21-11-14(2)23-18(21)19-16/h4-8,10-11H,3,9,12-13H2,1-2H3. The molecule has 0 atom stereocenters. The van der Waals surface area contributed by atoms with Gasteiger partial charge in [0.1, 0.15) is 0 Å². The van der Waals surface area contributed by atoms with Gasteiger partial charge >= 0.3 is 0 Å². The fourth-order valence-electron chi connectivity index (χ4n) is 2.74. The smallest absolute Gasteiger partial charge is 0.258 e. The number of rotatable bonds is 6. The third-order valence-electron chi connectivity index (χ3n) is 3.71. The van der Waals surface area contributed by atoms with Crippen LogP contribution in [0, 0.1) is 6.92 Å². The summed E-state index contributed by atoms with van der Waals surface area (Å²) in [6.45, 7) is 6.73. The summed E-state index contributed by atoms with van der Waals surface area (Å²) >= 11 is 1.56. The zero-order valence-corrected chi connectivity index (χ0v) is 14.3. The van der Waals surface area contributed by atoms with E-state index in [1.54, 1.807) is 21.8 Å². The van der Waals surface area contributed by atoms with E-state index in [1.807, 2.05) is 19.2 Å². The molecule has 0 saturated heterocycles. The van der Waals surface area contributed by atoms with Crippen LogP contribution in [-0.4, -0.2) is 20.8 Å². The van der Waals surface area contributed by atoms with Gasteiger partial charge in [-0.3, -0.25) is 14.1 Å². The van der Waals surface area contributed by atoms with Gasteiger partial charge in [-0.05, 0) is 25.5 Å². The van der Waals surface area contributed by atoms with Crippen LogP contribution in [0.1, 0.15) is 29.5 Å². The van der Waals surface area contributed by atoms with Crippen molar-refractivity contribution in [3.8, 4) is 0 Å². The summed E-state index contributed by atoms with van der Waals surface area (Å²) in [6.07, 6.45) is 2.93. The van der Waals surface area contributed by atoms with E-state index in [0.717, 1.165) is 35.0 Å². The Balaban J connectivity index is 1.83. The molecule has 0 aliphatic rings. The molecule has 0 radical (unpaired) electrons. The van der Waals surface area contributed by atoms with E-state index in [-0.39, 0.29) is 5.56 Å². The van der Waals surface area contributed by atoms with Gasteiger partial charge < -0.3 is 0 Å². The molecule has 4 nitrogen and oxygen atoms in total. The van der Waals surface area contributed by atoms with Gasteiger partial charge in [0.25, 0.3) is 5.56 Å². The molecule has 5 heteroatoms. The molecule has 1 aromatic carbocycles. The Morgan fingerprint density at radius 3 is 2.74 bits per heavy atom. The molecule has 0 fully saturated rings. The maximum absolute atomic E-state index is 12.2. The van der Waals surface area contributed by atoms with Crippen LogP contribution in [0.2, 0.25) is 0 Å². The van der Waals surface area contributed by atoms with Crippen LogP contribution in [0.5, 0.6) is 0 Å². The molecular formula is C18H21N3OS. The van der Waals surface area contributed by atoms with E-state index in [2.05, 4.69) is 41.1 Å². The zero-order valence-electron chi connectivity index (χ0n) is 13.5. The molecule has 0 amide bonds.